The average Bonchev–Trinajstić information content (AvgIpc) is 3.05. The fraction of sp³-hybridized carbons (Fsp3) is 0.448. The Labute approximate surface area is 185 Å². The Morgan fingerprint density at radius 3 is 2.29 bits per heavy atom. The summed E-state index contributed by atoms with van der Waals surface area (Å²) in [5.74, 6) is 1.17. The Morgan fingerprint density at radius 2 is 1.55 bits per heavy atom. The van der Waals surface area contributed by atoms with Gasteiger partial charge in [0, 0.05) is 10.8 Å². The van der Waals surface area contributed by atoms with Crippen LogP contribution in [0.3, 0.4) is 0 Å². The molecule has 31 heavy (non-hydrogen) atoms. The molecule has 2 nitrogen and oxygen atoms in total. The van der Waals surface area contributed by atoms with Gasteiger partial charge in [0.05, 0.1) is 7.11 Å². The van der Waals surface area contributed by atoms with Gasteiger partial charge in [0.1, 0.15) is 11.5 Å². The summed E-state index contributed by atoms with van der Waals surface area (Å²) in [4.78, 5) is 0. The van der Waals surface area contributed by atoms with E-state index in [1.807, 2.05) is 12.1 Å². The highest BCUT2D eigenvalue weighted by Crippen LogP contribution is 2.62. The van der Waals surface area contributed by atoms with Gasteiger partial charge in [-0.1, -0.05) is 43.0 Å². The van der Waals surface area contributed by atoms with E-state index in [9.17, 15) is 5.11 Å². The van der Waals surface area contributed by atoms with E-state index in [1.54, 1.807) is 7.11 Å². The second-order valence-corrected chi connectivity index (χ2v) is 10.4. The minimum atomic E-state index is 0.0466. The predicted molar refractivity (Wildman–Crippen MR) is 127 cm³/mol. The lowest BCUT2D eigenvalue weighted by Crippen LogP contribution is -2.38. The number of rotatable bonds is 1. The molecule has 1 N–H and O–H groups in total. The molecule has 0 saturated heterocycles. The highest BCUT2D eigenvalue weighted by Gasteiger charge is 2.50. The van der Waals surface area contributed by atoms with Gasteiger partial charge in [0.2, 0.25) is 0 Å². The lowest BCUT2D eigenvalue weighted by atomic mass is 9.56. The predicted octanol–water partition coefficient (Wildman–Crippen LogP) is 7.65. The fourth-order valence-corrected chi connectivity index (χ4v) is 7.14. The molecule has 2 spiro atoms. The van der Waals surface area contributed by atoms with E-state index in [0.717, 1.165) is 16.5 Å². The first-order chi connectivity index (χ1) is 15.1. The van der Waals surface area contributed by atoms with E-state index in [1.165, 1.54) is 85.6 Å². The van der Waals surface area contributed by atoms with Crippen molar-refractivity contribution in [2.75, 3.05) is 7.11 Å². The first kappa shape index (κ1) is 19.2. The summed E-state index contributed by atoms with van der Waals surface area (Å²) in [6, 6.07) is 15.2. The second-order valence-electron chi connectivity index (χ2n) is 10.4. The topological polar surface area (TPSA) is 29.5 Å². The highest BCUT2D eigenvalue weighted by atomic mass is 16.5. The van der Waals surface area contributed by atoms with Crippen LogP contribution in [0.2, 0.25) is 0 Å². The third-order valence-corrected chi connectivity index (χ3v) is 8.88. The van der Waals surface area contributed by atoms with Crippen molar-refractivity contribution in [1.82, 2.24) is 0 Å². The van der Waals surface area contributed by atoms with Crippen molar-refractivity contribution >= 4 is 10.8 Å². The third-order valence-electron chi connectivity index (χ3n) is 8.88. The molecule has 0 aliphatic heterocycles. The number of aromatic hydroxyl groups is 1. The van der Waals surface area contributed by atoms with Gasteiger partial charge in [0.15, 0.2) is 0 Å². The number of hydrogen-bond acceptors (Lipinski definition) is 2. The zero-order valence-electron chi connectivity index (χ0n) is 18.8. The molecular formula is C29H32O2. The van der Waals surface area contributed by atoms with Crippen LogP contribution in [0, 0.1) is 12.3 Å². The zero-order chi connectivity index (χ0) is 21.2. The van der Waals surface area contributed by atoms with Gasteiger partial charge in [-0.05, 0) is 103 Å². The summed E-state index contributed by atoms with van der Waals surface area (Å²) in [6.07, 6.45) is 12.1. The Bertz CT molecular complexity index is 1170. The Hall–Kier alpha value is -2.48. The van der Waals surface area contributed by atoms with E-state index < -0.39 is 0 Å². The maximum Gasteiger partial charge on any atom is 0.123 e. The minimum Gasteiger partial charge on any atom is -0.507 e. The van der Waals surface area contributed by atoms with Crippen molar-refractivity contribution in [1.29, 1.82) is 0 Å². The molecular weight excluding hydrogens is 380 g/mol. The maximum atomic E-state index is 11.1. The molecule has 0 atom stereocenters. The van der Waals surface area contributed by atoms with Crippen molar-refractivity contribution in [3.8, 4) is 22.6 Å². The highest BCUT2D eigenvalue weighted by molar-refractivity contribution is 6.05. The molecule has 6 rings (SSSR count). The van der Waals surface area contributed by atoms with Crippen LogP contribution in [0.15, 0.2) is 42.5 Å². The van der Waals surface area contributed by atoms with Crippen LogP contribution in [0.5, 0.6) is 11.5 Å². The largest absolute Gasteiger partial charge is 0.507 e. The summed E-state index contributed by atoms with van der Waals surface area (Å²) in [7, 11) is 1.68. The van der Waals surface area contributed by atoms with Crippen molar-refractivity contribution in [2.24, 2.45) is 5.41 Å². The van der Waals surface area contributed by atoms with Crippen molar-refractivity contribution in [3.63, 3.8) is 0 Å². The van der Waals surface area contributed by atoms with E-state index in [0.29, 0.717) is 11.2 Å². The third kappa shape index (κ3) is 2.70. The summed E-state index contributed by atoms with van der Waals surface area (Å²) in [6.45, 7) is 2.21. The SMILES string of the molecule is COc1ccc2c3c(cc(O)c2c1)C1(CCC2(CCCCC2)CC1)c1cc(C)ccc1-3. The number of ether oxygens (including phenoxy) is 1. The molecule has 2 saturated carbocycles. The number of aryl methyl sites for hydroxylation is 1. The van der Waals surface area contributed by atoms with Gasteiger partial charge in [-0.3, -0.25) is 0 Å². The summed E-state index contributed by atoms with van der Waals surface area (Å²) < 4.78 is 5.44. The first-order valence-corrected chi connectivity index (χ1v) is 12.0. The molecule has 160 valence electrons. The minimum absolute atomic E-state index is 0.0466. The van der Waals surface area contributed by atoms with Gasteiger partial charge in [-0.2, -0.15) is 0 Å². The summed E-state index contributed by atoms with van der Waals surface area (Å²) >= 11 is 0. The molecule has 0 bridgehead atoms. The molecule has 2 fully saturated rings. The Balaban J connectivity index is 1.56. The number of methoxy groups -OCH3 is 1. The monoisotopic (exact) mass is 412 g/mol. The number of fused-ring (bicyclic) bond motifs is 7. The van der Waals surface area contributed by atoms with Gasteiger partial charge in [-0.15, -0.1) is 0 Å². The summed E-state index contributed by atoms with van der Waals surface area (Å²) in [5, 5.41) is 13.1. The second kappa shape index (κ2) is 6.76. The van der Waals surface area contributed by atoms with Gasteiger partial charge in [0.25, 0.3) is 0 Å². The molecule has 0 aromatic heterocycles. The first-order valence-electron chi connectivity index (χ1n) is 12.0. The number of benzene rings is 3. The molecule has 2 heteroatoms. The molecule has 0 radical (unpaired) electrons. The number of phenols is 1. The zero-order valence-corrected chi connectivity index (χ0v) is 18.8. The van der Waals surface area contributed by atoms with Crippen LogP contribution in [-0.2, 0) is 5.41 Å². The van der Waals surface area contributed by atoms with E-state index in [-0.39, 0.29) is 5.41 Å². The van der Waals surface area contributed by atoms with E-state index in [2.05, 4.69) is 37.3 Å². The molecule has 3 aromatic rings. The van der Waals surface area contributed by atoms with Gasteiger partial charge < -0.3 is 9.84 Å². The van der Waals surface area contributed by atoms with Crippen LogP contribution in [0.1, 0.15) is 74.5 Å². The van der Waals surface area contributed by atoms with E-state index >= 15 is 0 Å². The Morgan fingerprint density at radius 1 is 0.774 bits per heavy atom. The molecule has 3 aliphatic carbocycles. The maximum absolute atomic E-state index is 11.1. The quantitative estimate of drug-likeness (QED) is 0.445. The van der Waals surface area contributed by atoms with Crippen LogP contribution in [-0.4, -0.2) is 12.2 Å². The van der Waals surface area contributed by atoms with Crippen molar-refractivity contribution in [2.45, 2.75) is 70.1 Å². The van der Waals surface area contributed by atoms with Crippen LogP contribution in [0.4, 0.5) is 0 Å². The smallest absolute Gasteiger partial charge is 0.123 e. The number of phenolic OH excluding ortho intramolecular Hbond substituents is 1. The standard InChI is InChI=1S/C29H32O2/c1-19-6-8-22-24(16-19)29(14-12-28(13-15-29)10-4-3-5-11-28)25-18-26(30)23-17-20(31-2)7-9-21(23)27(22)25/h6-9,16-18,30H,3-5,10-15H2,1-2H3. The lowest BCUT2D eigenvalue weighted by molar-refractivity contribution is 0.0951. The lowest BCUT2D eigenvalue weighted by Gasteiger charge is -2.48. The molecule has 0 unspecified atom stereocenters. The Kier molecular flexibility index (Phi) is 4.19. The molecule has 0 amide bonds. The van der Waals surface area contributed by atoms with Gasteiger partial charge >= 0.3 is 0 Å². The van der Waals surface area contributed by atoms with E-state index in [4.69, 9.17) is 4.74 Å². The normalized spacial score (nSPS) is 20.7. The van der Waals surface area contributed by atoms with Crippen LogP contribution < -0.4 is 4.74 Å². The fourth-order valence-electron chi connectivity index (χ4n) is 7.14. The average molecular weight is 413 g/mol. The molecule has 0 heterocycles. The number of hydrogen-bond donors (Lipinski definition) is 1. The van der Waals surface area contributed by atoms with Crippen molar-refractivity contribution < 1.29 is 9.84 Å². The summed E-state index contributed by atoms with van der Waals surface area (Å²) in [5.41, 5.74) is 7.51. The van der Waals surface area contributed by atoms with Crippen LogP contribution in [0.25, 0.3) is 21.9 Å². The molecule has 3 aliphatic rings. The molecule has 3 aromatic carbocycles. The van der Waals surface area contributed by atoms with Crippen LogP contribution >= 0.6 is 0 Å². The van der Waals surface area contributed by atoms with Gasteiger partial charge in [-0.25, -0.2) is 0 Å². The van der Waals surface area contributed by atoms with Crippen molar-refractivity contribution in [3.05, 3.63) is 59.2 Å².